The Morgan fingerprint density at radius 2 is 1.39 bits per heavy atom. The van der Waals surface area contributed by atoms with E-state index >= 15 is 0 Å². The van der Waals surface area contributed by atoms with Crippen LogP contribution in [0.1, 0.15) is 0 Å². The first-order chi connectivity index (χ1) is 11.3. The molecule has 4 heteroatoms. The highest BCUT2D eigenvalue weighted by atomic mass is 16.3. The molecule has 4 aromatic rings. The van der Waals surface area contributed by atoms with Crippen LogP contribution in [0.3, 0.4) is 0 Å². The first kappa shape index (κ1) is 13.4. The number of hydrogen-bond donors (Lipinski definition) is 2. The van der Waals surface area contributed by atoms with Gasteiger partial charge in [-0.1, -0.05) is 60.7 Å². The molecular weight excluding hydrogens is 286 g/mol. The number of nitrogen functional groups attached to an aromatic ring is 2. The number of nitrogens with zero attached hydrogens (tertiary/aromatic N) is 1. The van der Waals surface area contributed by atoms with Crippen LogP contribution < -0.4 is 11.5 Å². The van der Waals surface area contributed by atoms with Gasteiger partial charge < -0.3 is 15.9 Å². The van der Waals surface area contributed by atoms with E-state index in [4.69, 9.17) is 15.9 Å². The highest BCUT2D eigenvalue weighted by molar-refractivity contribution is 6.08. The largest absolute Gasteiger partial charge is 0.437 e. The number of aromatic nitrogens is 1. The van der Waals surface area contributed by atoms with Crippen molar-refractivity contribution in [3.05, 3.63) is 66.9 Å². The normalized spacial score (nSPS) is 11.0. The number of nitrogens with two attached hydrogens (primary N) is 2. The zero-order chi connectivity index (χ0) is 15.8. The van der Waals surface area contributed by atoms with E-state index in [0.29, 0.717) is 17.1 Å². The molecule has 2 aromatic carbocycles. The van der Waals surface area contributed by atoms with E-state index in [9.17, 15) is 0 Å². The zero-order valence-corrected chi connectivity index (χ0v) is 12.4. The van der Waals surface area contributed by atoms with Gasteiger partial charge in [0.05, 0.1) is 23.0 Å². The number of pyridine rings is 1. The van der Waals surface area contributed by atoms with Crippen LogP contribution in [0.4, 0.5) is 11.4 Å². The fourth-order valence-corrected chi connectivity index (χ4v) is 2.78. The molecule has 0 unspecified atom stereocenters. The third-order valence-electron chi connectivity index (χ3n) is 3.89. The van der Waals surface area contributed by atoms with Crippen molar-refractivity contribution in [2.24, 2.45) is 0 Å². The van der Waals surface area contributed by atoms with Crippen molar-refractivity contribution in [2.75, 3.05) is 11.5 Å². The molecule has 0 saturated carbocycles. The van der Waals surface area contributed by atoms with E-state index in [1.807, 2.05) is 60.7 Å². The summed E-state index contributed by atoms with van der Waals surface area (Å²) < 4.78 is 6.03. The molecule has 0 fully saturated rings. The summed E-state index contributed by atoms with van der Waals surface area (Å²) in [6.45, 7) is 0. The van der Waals surface area contributed by atoms with Gasteiger partial charge in [0, 0.05) is 11.1 Å². The van der Waals surface area contributed by atoms with Crippen LogP contribution in [0.2, 0.25) is 0 Å². The molecular formula is C19H15N3O. The fraction of sp³-hybridized carbons (Fsp3) is 0. The van der Waals surface area contributed by atoms with Gasteiger partial charge in [0.25, 0.3) is 0 Å². The Morgan fingerprint density at radius 3 is 2.04 bits per heavy atom. The SMILES string of the molecule is Nc1cnc2oc(-c3ccccc3)c(-c3ccccc3)c2c1N. The maximum absolute atomic E-state index is 6.22. The van der Waals surface area contributed by atoms with Crippen LogP contribution >= 0.6 is 0 Å². The molecule has 0 atom stereocenters. The highest BCUT2D eigenvalue weighted by Gasteiger charge is 2.21. The molecule has 23 heavy (non-hydrogen) atoms. The van der Waals surface area contributed by atoms with Crippen LogP contribution in [-0.2, 0) is 0 Å². The lowest BCUT2D eigenvalue weighted by atomic mass is 9.98. The molecule has 4 nitrogen and oxygen atoms in total. The molecule has 112 valence electrons. The average Bonchev–Trinajstić information content (AvgIpc) is 3.00. The van der Waals surface area contributed by atoms with E-state index < -0.39 is 0 Å². The van der Waals surface area contributed by atoms with Crippen molar-refractivity contribution in [3.8, 4) is 22.5 Å². The number of furan rings is 1. The summed E-state index contributed by atoms with van der Waals surface area (Å²) in [6, 6.07) is 19.9. The maximum Gasteiger partial charge on any atom is 0.229 e. The molecule has 0 aliphatic rings. The van der Waals surface area contributed by atoms with E-state index in [1.54, 1.807) is 0 Å². The number of anilines is 2. The lowest BCUT2D eigenvalue weighted by Gasteiger charge is -2.05. The molecule has 0 saturated heterocycles. The zero-order valence-electron chi connectivity index (χ0n) is 12.4. The number of benzene rings is 2. The smallest absolute Gasteiger partial charge is 0.229 e. The summed E-state index contributed by atoms with van der Waals surface area (Å²) >= 11 is 0. The van der Waals surface area contributed by atoms with Gasteiger partial charge >= 0.3 is 0 Å². The Labute approximate surface area is 133 Å². The molecule has 0 aliphatic carbocycles. The Kier molecular flexibility index (Phi) is 3.01. The molecule has 0 radical (unpaired) electrons. The van der Waals surface area contributed by atoms with Gasteiger partial charge in [-0.3, -0.25) is 0 Å². The number of hydrogen-bond acceptors (Lipinski definition) is 4. The first-order valence-electron chi connectivity index (χ1n) is 7.33. The molecule has 4 rings (SSSR count). The van der Waals surface area contributed by atoms with Gasteiger partial charge in [0.1, 0.15) is 5.76 Å². The maximum atomic E-state index is 6.22. The Hall–Kier alpha value is -3.27. The second-order valence-corrected chi connectivity index (χ2v) is 5.35. The summed E-state index contributed by atoms with van der Waals surface area (Å²) in [5, 5.41) is 0.759. The van der Waals surface area contributed by atoms with Gasteiger partial charge in [0.2, 0.25) is 5.71 Å². The van der Waals surface area contributed by atoms with Crippen molar-refractivity contribution < 1.29 is 4.42 Å². The van der Waals surface area contributed by atoms with E-state index in [1.165, 1.54) is 6.20 Å². The first-order valence-corrected chi connectivity index (χ1v) is 7.33. The van der Waals surface area contributed by atoms with E-state index in [0.717, 1.165) is 27.8 Å². The van der Waals surface area contributed by atoms with Crippen LogP contribution in [0, 0.1) is 0 Å². The Balaban J connectivity index is 2.13. The summed E-state index contributed by atoms with van der Waals surface area (Å²) in [6.07, 6.45) is 1.53. The van der Waals surface area contributed by atoms with Gasteiger partial charge in [-0.2, -0.15) is 0 Å². The third-order valence-corrected chi connectivity index (χ3v) is 3.89. The molecule has 0 spiro atoms. The van der Waals surface area contributed by atoms with Crippen molar-refractivity contribution in [1.29, 1.82) is 0 Å². The monoisotopic (exact) mass is 301 g/mol. The van der Waals surface area contributed by atoms with Gasteiger partial charge in [-0.15, -0.1) is 0 Å². The molecule has 2 aromatic heterocycles. The minimum atomic E-state index is 0.454. The van der Waals surface area contributed by atoms with Gasteiger partial charge in [-0.25, -0.2) is 4.98 Å². The van der Waals surface area contributed by atoms with E-state index in [-0.39, 0.29) is 0 Å². The summed E-state index contributed by atoms with van der Waals surface area (Å²) in [7, 11) is 0. The Morgan fingerprint density at radius 1 is 0.783 bits per heavy atom. The van der Waals surface area contributed by atoms with Crippen molar-refractivity contribution in [3.63, 3.8) is 0 Å². The molecule has 0 amide bonds. The average molecular weight is 301 g/mol. The van der Waals surface area contributed by atoms with Crippen molar-refractivity contribution >= 4 is 22.5 Å². The van der Waals surface area contributed by atoms with E-state index in [2.05, 4.69) is 4.98 Å². The third kappa shape index (κ3) is 2.12. The quantitative estimate of drug-likeness (QED) is 0.577. The van der Waals surface area contributed by atoms with Gasteiger partial charge in [0.15, 0.2) is 0 Å². The second-order valence-electron chi connectivity index (χ2n) is 5.35. The van der Waals surface area contributed by atoms with Crippen molar-refractivity contribution in [2.45, 2.75) is 0 Å². The molecule has 4 N–H and O–H groups in total. The van der Waals surface area contributed by atoms with Crippen LogP contribution in [0.15, 0.2) is 71.3 Å². The molecule has 2 heterocycles. The lowest BCUT2D eigenvalue weighted by molar-refractivity contribution is 0.619. The lowest BCUT2D eigenvalue weighted by Crippen LogP contribution is -1.96. The predicted molar refractivity (Wildman–Crippen MR) is 93.7 cm³/mol. The number of rotatable bonds is 2. The highest BCUT2D eigenvalue weighted by Crippen LogP contribution is 2.43. The topological polar surface area (TPSA) is 78.1 Å². The number of fused-ring (bicyclic) bond motifs is 1. The Bertz CT molecular complexity index is 976. The minimum absolute atomic E-state index is 0.454. The van der Waals surface area contributed by atoms with Crippen LogP contribution in [0.5, 0.6) is 0 Å². The summed E-state index contributed by atoms with van der Waals surface area (Å²) in [5.41, 5.74) is 16.5. The fourth-order valence-electron chi connectivity index (χ4n) is 2.78. The standard InChI is InChI=1S/C19H15N3O/c20-14-11-22-19-16(17(14)21)15(12-7-3-1-4-8-12)18(23-19)13-9-5-2-6-10-13/h1-11H,20H2,(H2,21,22). The molecule has 0 bridgehead atoms. The van der Waals surface area contributed by atoms with Crippen molar-refractivity contribution in [1.82, 2.24) is 4.98 Å². The van der Waals surface area contributed by atoms with Gasteiger partial charge in [-0.05, 0) is 5.56 Å². The minimum Gasteiger partial charge on any atom is -0.437 e. The molecule has 0 aliphatic heterocycles. The summed E-state index contributed by atoms with van der Waals surface area (Å²) in [4.78, 5) is 4.30. The van der Waals surface area contributed by atoms with Crippen LogP contribution in [-0.4, -0.2) is 4.98 Å². The summed E-state index contributed by atoms with van der Waals surface area (Å²) in [5.74, 6) is 0.747. The van der Waals surface area contributed by atoms with Crippen LogP contribution in [0.25, 0.3) is 33.6 Å². The second kappa shape index (κ2) is 5.18. The predicted octanol–water partition coefficient (Wildman–Crippen LogP) is 4.33.